The van der Waals surface area contributed by atoms with E-state index in [9.17, 15) is 19.5 Å². The van der Waals surface area contributed by atoms with Crippen LogP contribution in [0.5, 0.6) is 0 Å². The van der Waals surface area contributed by atoms with Crippen molar-refractivity contribution in [3.63, 3.8) is 0 Å². The number of benzene rings is 3. The summed E-state index contributed by atoms with van der Waals surface area (Å²) in [6.07, 6.45) is -1.41. The first kappa shape index (κ1) is 30.3. The van der Waals surface area contributed by atoms with Crippen molar-refractivity contribution < 1.29 is 34.1 Å². The quantitative estimate of drug-likeness (QED) is 0.219. The third-order valence-corrected chi connectivity index (χ3v) is 7.85. The number of nitrogens with one attached hydrogen (secondary N) is 2. The number of anilines is 2. The van der Waals surface area contributed by atoms with Crippen LogP contribution in [0.15, 0.2) is 77.7 Å². The maximum atomic E-state index is 12.0. The lowest BCUT2D eigenvalue weighted by Crippen LogP contribution is -2.38. The average molecular weight is 579 g/mol. The predicted octanol–water partition coefficient (Wildman–Crippen LogP) is 5.52. The lowest BCUT2D eigenvalue weighted by Gasteiger charge is -2.41. The van der Waals surface area contributed by atoms with Crippen molar-refractivity contribution in [1.29, 1.82) is 0 Å². The molecule has 1 heterocycles. The predicted molar refractivity (Wildman–Crippen MR) is 156 cm³/mol. The fraction of sp³-hybridized carbons (Fsp3) is 0.323. The van der Waals surface area contributed by atoms with E-state index in [0.717, 1.165) is 27.3 Å². The molecule has 0 bridgehead atoms. The van der Waals surface area contributed by atoms with E-state index < -0.39 is 12.3 Å². The first-order valence-electron chi connectivity index (χ1n) is 13.3. The van der Waals surface area contributed by atoms with Crippen LogP contribution in [0.25, 0.3) is 0 Å². The molecular formula is C31H34N2O7S. The van der Waals surface area contributed by atoms with Gasteiger partial charge in [0.1, 0.15) is 0 Å². The van der Waals surface area contributed by atoms with Crippen molar-refractivity contribution >= 4 is 40.9 Å². The molecule has 216 valence electrons. The number of rotatable bonds is 11. The highest BCUT2D eigenvalue weighted by Crippen LogP contribution is 2.43. The molecule has 0 radical (unpaired) electrons. The Labute approximate surface area is 243 Å². The van der Waals surface area contributed by atoms with Gasteiger partial charge in [0.15, 0.2) is 6.29 Å². The van der Waals surface area contributed by atoms with Crippen LogP contribution in [0.3, 0.4) is 0 Å². The molecule has 4 rings (SSSR count). The van der Waals surface area contributed by atoms with Gasteiger partial charge in [-0.2, -0.15) is 0 Å². The Morgan fingerprint density at radius 1 is 0.829 bits per heavy atom. The van der Waals surface area contributed by atoms with Gasteiger partial charge in [-0.25, -0.2) is 0 Å². The maximum Gasteiger partial charge on any atom is 0.303 e. The van der Waals surface area contributed by atoms with E-state index in [2.05, 4.69) is 17.6 Å². The van der Waals surface area contributed by atoms with E-state index >= 15 is 0 Å². The highest BCUT2D eigenvalue weighted by molar-refractivity contribution is 7.99. The van der Waals surface area contributed by atoms with Gasteiger partial charge >= 0.3 is 5.97 Å². The molecule has 3 aromatic carbocycles. The molecule has 3 aromatic rings. The first-order chi connectivity index (χ1) is 19.7. The zero-order valence-corrected chi connectivity index (χ0v) is 23.7. The molecule has 10 heteroatoms. The molecule has 1 saturated heterocycles. The summed E-state index contributed by atoms with van der Waals surface area (Å²) in [5, 5.41) is 23.7. The summed E-state index contributed by atoms with van der Waals surface area (Å²) in [4.78, 5) is 35.1. The van der Waals surface area contributed by atoms with E-state index in [4.69, 9.17) is 14.6 Å². The maximum absolute atomic E-state index is 12.0. The molecule has 0 spiro atoms. The van der Waals surface area contributed by atoms with Crippen molar-refractivity contribution in [2.24, 2.45) is 5.92 Å². The Bertz CT molecular complexity index is 1330. The smallest absolute Gasteiger partial charge is 0.303 e. The molecule has 4 atom stereocenters. The number of carboxylic acids is 1. The molecule has 9 nitrogen and oxygen atoms in total. The fourth-order valence-corrected chi connectivity index (χ4v) is 5.56. The Hall–Kier alpha value is -3.70. The highest BCUT2D eigenvalue weighted by atomic mass is 32.2. The first-order valence-corrected chi connectivity index (χ1v) is 14.3. The summed E-state index contributed by atoms with van der Waals surface area (Å²) in [6, 6.07) is 22.5. The van der Waals surface area contributed by atoms with Crippen LogP contribution < -0.4 is 10.6 Å². The Morgan fingerprint density at radius 2 is 1.44 bits per heavy atom. The summed E-state index contributed by atoms with van der Waals surface area (Å²) >= 11 is 1.66. The van der Waals surface area contributed by atoms with Crippen LogP contribution in [0, 0.1) is 5.92 Å². The van der Waals surface area contributed by atoms with Gasteiger partial charge in [-0.05, 0) is 47.5 Å². The van der Waals surface area contributed by atoms with Gasteiger partial charge in [-0.1, -0.05) is 43.3 Å². The molecule has 0 aromatic heterocycles. The molecule has 1 aliphatic heterocycles. The second-order valence-corrected chi connectivity index (χ2v) is 11.0. The number of hydrogen-bond acceptors (Lipinski definition) is 7. The molecule has 41 heavy (non-hydrogen) atoms. The minimum Gasteiger partial charge on any atom is -0.481 e. The lowest BCUT2D eigenvalue weighted by molar-refractivity contribution is -0.268. The second-order valence-electron chi connectivity index (χ2n) is 9.90. The fourth-order valence-electron chi connectivity index (χ4n) is 4.49. The van der Waals surface area contributed by atoms with Crippen LogP contribution in [-0.4, -0.2) is 39.9 Å². The topological polar surface area (TPSA) is 134 Å². The van der Waals surface area contributed by atoms with Gasteiger partial charge in [0.2, 0.25) is 11.8 Å². The van der Waals surface area contributed by atoms with Crippen LogP contribution in [0.1, 0.15) is 55.8 Å². The Kier molecular flexibility index (Phi) is 10.5. The summed E-state index contributed by atoms with van der Waals surface area (Å²) < 4.78 is 13.0. The molecule has 0 aliphatic carbocycles. The van der Waals surface area contributed by atoms with E-state index in [1.54, 1.807) is 23.9 Å². The Balaban J connectivity index is 1.49. The van der Waals surface area contributed by atoms with Crippen LogP contribution in [0.2, 0.25) is 0 Å². The van der Waals surface area contributed by atoms with Gasteiger partial charge in [-0.15, -0.1) is 11.8 Å². The number of hydrogen-bond donors (Lipinski definition) is 4. The largest absolute Gasteiger partial charge is 0.481 e. The van der Waals surface area contributed by atoms with Gasteiger partial charge < -0.3 is 30.3 Å². The molecular weight excluding hydrogens is 544 g/mol. The van der Waals surface area contributed by atoms with Gasteiger partial charge in [0.25, 0.3) is 0 Å². The number of aliphatic hydroxyl groups is 1. The van der Waals surface area contributed by atoms with Crippen LogP contribution in [0.4, 0.5) is 11.4 Å². The number of aliphatic carboxylic acids is 1. The minimum absolute atomic E-state index is 0.0187. The normalized spacial score (nSPS) is 20.3. The highest BCUT2D eigenvalue weighted by Gasteiger charge is 2.38. The van der Waals surface area contributed by atoms with Crippen molar-refractivity contribution in [2.75, 3.05) is 16.4 Å². The second kappa shape index (κ2) is 14.3. The molecule has 0 saturated carbocycles. The van der Waals surface area contributed by atoms with E-state index in [-0.39, 0.29) is 49.4 Å². The third kappa shape index (κ3) is 8.64. The summed E-state index contributed by atoms with van der Waals surface area (Å²) in [5.74, 6) is -0.819. The SMILES string of the molecule is CC(=O)Nc1ccc(SC[C@@H]2O[C@H](c3ccc(NC(=O)CCC(=O)O)cc3)O[C@H](c3ccc(CO)cc3)[C@@H]2C)cc1. The number of carbonyl (C=O) groups is 3. The summed E-state index contributed by atoms with van der Waals surface area (Å²) in [6.45, 7) is 3.54. The van der Waals surface area contributed by atoms with Gasteiger partial charge in [-0.3, -0.25) is 14.4 Å². The average Bonchev–Trinajstić information content (AvgIpc) is 2.96. The number of amides is 2. The van der Waals surface area contributed by atoms with Crippen molar-refractivity contribution in [2.45, 2.75) is 56.7 Å². The Morgan fingerprint density at radius 3 is 2.05 bits per heavy atom. The molecule has 0 unspecified atom stereocenters. The number of ether oxygens (including phenoxy) is 2. The monoisotopic (exact) mass is 578 g/mol. The van der Waals surface area contributed by atoms with Gasteiger partial charge in [0.05, 0.1) is 25.2 Å². The molecule has 1 fully saturated rings. The molecule has 1 aliphatic rings. The summed E-state index contributed by atoms with van der Waals surface area (Å²) in [5.41, 5.74) is 3.89. The lowest BCUT2D eigenvalue weighted by atomic mass is 9.91. The summed E-state index contributed by atoms with van der Waals surface area (Å²) in [7, 11) is 0. The van der Waals surface area contributed by atoms with E-state index in [0.29, 0.717) is 11.4 Å². The number of carboxylic acid groups (broad SMARTS) is 1. The standard InChI is InChI=1S/C31H34N2O7S/c1-19-27(18-41-26-13-11-24(12-14-26)32-20(2)35)39-31(40-30(19)22-5-3-21(17-34)4-6-22)23-7-9-25(10-8-23)33-28(36)15-16-29(37)38/h3-14,19,27,30-31,34H,15-18H2,1-2H3,(H,32,35)(H,33,36)(H,37,38)/t19-,27+,30+,31+/m1/s1. The van der Waals surface area contributed by atoms with Crippen molar-refractivity contribution in [1.82, 2.24) is 0 Å². The zero-order valence-electron chi connectivity index (χ0n) is 22.9. The molecule has 4 N–H and O–H groups in total. The molecule has 2 amide bonds. The minimum atomic E-state index is -1.02. The number of thioether (sulfide) groups is 1. The van der Waals surface area contributed by atoms with Crippen LogP contribution in [-0.2, 0) is 30.5 Å². The van der Waals surface area contributed by atoms with E-state index in [1.165, 1.54) is 6.92 Å². The van der Waals surface area contributed by atoms with E-state index in [1.807, 2.05) is 60.7 Å². The third-order valence-electron chi connectivity index (χ3n) is 6.74. The number of carbonyl (C=O) groups excluding carboxylic acids is 2. The number of aliphatic hydroxyl groups excluding tert-OH is 1. The van der Waals surface area contributed by atoms with Crippen LogP contribution >= 0.6 is 11.8 Å². The van der Waals surface area contributed by atoms with Crippen molar-refractivity contribution in [3.05, 3.63) is 89.5 Å². The zero-order chi connectivity index (χ0) is 29.4. The van der Waals surface area contributed by atoms with Crippen molar-refractivity contribution in [3.8, 4) is 0 Å². The van der Waals surface area contributed by atoms with Gasteiger partial charge in [0, 0.05) is 46.8 Å².